The standard InChI is InChI=1S/C36H21N5/c1-2-7-23(8-3-1)40-31-11-10-26-34(25-12-14-38-20-33(25)41-30-13-15-37-19-29(30)39-36(26)41)35(31)28-17-22-16-21-6-4-5-9-24(21)27(22)18-32(28)40/h1-15,17-20H,16H2. The van der Waals surface area contributed by atoms with E-state index in [9.17, 15) is 0 Å². The Labute approximate surface area is 234 Å². The number of imidazole rings is 1. The minimum absolute atomic E-state index is 0.882. The molecule has 5 heteroatoms. The molecule has 9 aromatic rings. The van der Waals surface area contributed by atoms with Gasteiger partial charge in [0, 0.05) is 45.0 Å². The van der Waals surface area contributed by atoms with Gasteiger partial charge in [-0.2, -0.15) is 0 Å². The van der Waals surface area contributed by atoms with Crippen LogP contribution in [-0.4, -0.2) is 23.9 Å². The molecular formula is C36H21N5. The fourth-order valence-electron chi connectivity index (χ4n) is 7.19. The van der Waals surface area contributed by atoms with Crippen LogP contribution in [0.1, 0.15) is 11.1 Å². The number of nitrogens with zero attached hydrogens (tertiary/aromatic N) is 5. The van der Waals surface area contributed by atoms with Crippen LogP contribution in [0.4, 0.5) is 0 Å². The van der Waals surface area contributed by atoms with Crippen LogP contribution in [0.25, 0.3) is 77.0 Å². The summed E-state index contributed by atoms with van der Waals surface area (Å²) in [6, 6.07) is 33.1. The van der Waals surface area contributed by atoms with E-state index in [1.165, 1.54) is 54.8 Å². The molecule has 0 aliphatic heterocycles. The largest absolute Gasteiger partial charge is 0.309 e. The summed E-state index contributed by atoms with van der Waals surface area (Å²) < 4.78 is 4.66. The van der Waals surface area contributed by atoms with Gasteiger partial charge in [0.25, 0.3) is 0 Å². The molecule has 0 saturated heterocycles. The number of pyridine rings is 3. The Bertz CT molecular complexity index is 2550. The third kappa shape index (κ3) is 2.68. The first-order chi connectivity index (χ1) is 20.3. The van der Waals surface area contributed by atoms with Crippen LogP contribution in [0.3, 0.4) is 0 Å². The highest BCUT2D eigenvalue weighted by Gasteiger charge is 2.24. The molecule has 5 heterocycles. The highest BCUT2D eigenvalue weighted by molar-refractivity contribution is 6.30. The second kappa shape index (κ2) is 7.55. The van der Waals surface area contributed by atoms with Gasteiger partial charge in [-0.25, -0.2) is 4.98 Å². The number of hydrogen-bond donors (Lipinski definition) is 0. The van der Waals surface area contributed by atoms with Crippen molar-refractivity contribution in [2.24, 2.45) is 0 Å². The zero-order chi connectivity index (χ0) is 26.7. The van der Waals surface area contributed by atoms with Crippen molar-refractivity contribution in [3.05, 3.63) is 127 Å². The molecule has 0 amide bonds. The van der Waals surface area contributed by atoms with Crippen molar-refractivity contribution >= 4 is 60.2 Å². The first-order valence-electron chi connectivity index (χ1n) is 13.9. The molecule has 0 fully saturated rings. The highest BCUT2D eigenvalue weighted by Crippen LogP contribution is 2.45. The molecule has 4 aromatic carbocycles. The summed E-state index contributed by atoms with van der Waals surface area (Å²) in [4.78, 5) is 14.0. The van der Waals surface area contributed by atoms with Gasteiger partial charge in [-0.1, -0.05) is 42.5 Å². The second-order valence-electron chi connectivity index (χ2n) is 10.9. The van der Waals surface area contributed by atoms with Crippen LogP contribution < -0.4 is 0 Å². The molecule has 0 unspecified atom stereocenters. The van der Waals surface area contributed by atoms with Gasteiger partial charge < -0.3 is 4.57 Å². The van der Waals surface area contributed by atoms with E-state index in [4.69, 9.17) is 4.98 Å². The monoisotopic (exact) mass is 523 g/mol. The van der Waals surface area contributed by atoms with Crippen molar-refractivity contribution in [3.8, 4) is 16.8 Å². The molecule has 190 valence electrons. The van der Waals surface area contributed by atoms with Crippen molar-refractivity contribution < 1.29 is 0 Å². The van der Waals surface area contributed by atoms with Crippen LogP contribution in [0.5, 0.6) is 0 Å². The molecule has 0 saturated carbocycles. The van der Waals surface area contributed by atoms with Gasteiger partial charge in [0.1, 0.15) is 11.2 Å². The van der Waals surface area contributed by atoms with Crippen LogP contribution in [-0.2, 0) is 6.42 Å². The van der Waals surface area contributed by atoms with Gasteiger partial charge in [-0.15, -0.1) is 0 Å². The summed E-state index contributed by atoms with van der Waals surface area (Å²) >= 11 is 0. The Kier molecular flexibility index (Phi) is 3.92. The predicted molar refractivity (Wildman–Crippen MR) is 166 cm³/mol. The van der Waals surface area contributed by atoms with Crippen LogP contribution in [0, 0.1) is 0 Å². The summed E-state index contributed by atoms with van der Waals surface area (Å²) in [6.45, 7) is 0. The molecule has 41 heavy (non-hydrogen) atoms. The maximum atomic E-state index is 5.10. The van der Waals surface area contributed by atoms with E-state index in [0.29, 0.717) is 0 Å². The van der Waals surface area contributed by atoms with Gasteiger partial charge in [0.2, 0.25) is 0 Å². The lowest BCUT2D eigenvalue weighted by Gasteiger charge is -2.11. The Balaban J connectivity index is 1.47. The van der Waals surface area contributed by atoms with E-state index in [1.54, 1.807) is 0 Å². The molecule has 5 aromatic heterocycles. The smallest absolute Gasteiger partial charge is 0.146 e. The second-order valence-corrected chi connectivity index (χ2v) is 10.9. The minimum Gasteiger partial charge on any atom is -0.309 e. The molecule has 0 bridgehead atoms. The number of benzene rings is 4. The van der Waals surface area contributed by atoms with Crippen molar-refractivity contribution in [2.75, 3.05) is 0 Å². The first kappa shape index (κ1) is 21.3. The third-order valence-electron chi connectivity index (χ3n) is 8.87. The predicted octanol–water partition coefficient (Wildman–Crippen LogP) is 8.25. The molecule has 0 radical (unpaired) electrons. The Morgan fingerprint density at radius 3 is 2.37 bits per heavy atom. The van der Waals surface area contributed by atoms with E-state index < -0.39 is 0 Å². The van der Waals surface area contributed by atoms with Gasteiger partial charge in [0.05, 0.1) is 34.5 Å². The van der Waals surface area contributed by atoms with Gasteiger partial charge in [0.15, 0.2) is 0 Å². The number of aromatic nitrogens is 5. The Morgan fingerprint density at radius 2 is 1.41 bits per heavy atom. The number of para-hydroxylation sites is 1. The van der Waals surface area contributed by atoms with Crippen LogP contribution in [0.15, 0.2) is 116 Å². The fourth-order valence-corrected chi connectivity index (χ4v) is 7.19. The quantitative estimate of drug-likeness (QED) is 0.204. The molecule has 1 aliphatic rings. The summed E-state index contributed by atoms with van der Waals surface area (Å²) in [5.74, 6) is 0. The summed E-state index contributed by atoms with van der Waals surface area (Å²) in [7, 11) is 0. The summed E-state index contributed by atoms with van der Waals surface area (Å²) in [5, 5.41) is 6.03. The van der Waals surface area contributed by atoms with Crippen molar-refractivity contribution in [1.29, 1.82) is 0 Å². The van der Waals surface area contributed by atoms with Crippen LogP contribution in [0.2, 0.25) is 0 Å². The first-order valence-corrected chi connectivity index (χ1v) is 13.9. The molecule has 1 aliphatic carbocycles. The van der Waals surface area contributed by atoms with Gasteiger partial charge in [-0.05, 0) is 77.2 Å². The van der Waals surface area contributed by atoms with E-state index in [2.05, 4.69) is 104 Å². The lowest BCUT2D eigenvalue weighted by molar-refractivity contribution is 1.18. The van der Waals surface area contributed by atoms with Gasteiger partial charge >= 0.3 is 0 Å². The Morgan fingerprint density at radius 1 is 0.561 bits per heavy atom. The zero-order valence-corrected chi connectivity index (χ0v) is 21.9. The maximum absolute atomic E-state index is 5.10. The number of hydrogen-bond acceptors (Lipinski definition) is 3. The SMILES string of the molecule is c1ccc(-n2c3cc4c(cc3c3c5c6ccncc6n6c7ccncc7nc6c5ccc32)Cc2ccccc2-4)cc1. The lowest BCUT2D eigenvalue weighted by atomic mass is 9.98. The number of fused-ring (bicyclic) bond motifs is 15. The molecule has 0 atom stereocenters. The zero-order valence-electron chi connectivity index (χ0n) is 21.9. The maximum Gasteiger partial charge on any atom is 0.146 e. The minimum atomic E-state index is 0.882. The third-order valence-corrected chi connectivity index (χ3v) is 8.87. The molecule has 0 spiro atoms. The molecule has 5 nitrogen and oxygen atoms in total. The average Bonchev–Trinajstić information content (AvgIpc) is 3.69. The van der Waals surface area contributed by atoms with Crippen LogP contribution >= 0.6 is 0 Å². The normalized spacial score (nSPS) is 12.8. The van der Waals surface area contributed by atoms with E-state index in [0.717, 1.165) is 39.7 Å². The van der Waals surface area contributed by atoms with E-state index in [1.807, 2.05) is 30.9 Å². The molecule has 0 N–H and O–H groups in total. The van der Waals surface area contributed by atoms with Crippen molar-refractivity contribution in [2.45, 2.75) is 6.42 Å². The van der Waals surface area contributed by atoms with Crippen molar-refractivity contribution in [3.63, 3.8) is 0 Å². The average molecular weight is 524 g/mol. The lowest BCUT2D eigenvalue weighted by Crippen LogP contribution is -1.95. The fraction of sp³-hybridized carbons (Fsp3) is 0.0278. The Hall–Kier alpha value is -5.55. The van der Waals surface area contributed by atoms with Crippen molar-refractivity contribution in [1.82, 2.24) is 23.9 Å². The van der Waals surface area contributed by atoms with E-state index >= 15 is 0 Å². The highest BCUT2D eigenvalue weighted by atomic mass is 15.0. The molecular weight excluding hydrogens is 502 g/mol. The summed E-state index contributed by atoms with van der Waals surface area (Å²) in [6.07, 6.45) is 8.50. The van der Waals surface area contributed by atoms with Gasteiger partial charge in [-0.3, -0.25) is 14.4 Å². The molecule has 10 rings (SSSR count). The van der Waals surface area contributed by atoms with E-state index in [-0.39, 0.29) is 0 Å². The topological polar surface area (TPSA) is 48.0 Å². The number of rotatable bonds is 1. The summed E-state index contributed by atoms with van der Waals surface area (Å²) in [5.41, 5.74) is 12.9.